The highest BCUT2D eigenvalue weighted by Crippen LogP contribution is 2.35. The van der Waals surface area contributed by atoms with Gasteiger partial charge in [-0.15, -0.1) is 0 Å². The first-order valence-corrected chi connectivity index (χ1v) is 6.33. The zero-order valence-electron chi connectivity index (χ0n) is 10.2. The van der Waals surface area contributed by atoms with Crippen molar-refractivity contribution in [1.29, 1.82) is 0 Å². The Morgan fingerprint density at radius 1 is 0.952 bits per heavy atom. The molecule has 8 heteroatoms. The fourth-order valence-corrected chi connectivity index (χ4v) is 1.84. The van der Waals surface area contributed by atoms with E-state index in [-0.39, 0.29) is 17.2 Å². The van der Waals surface area contributed by atoms with Crippen LogP contribution in [0.3, 0.4) is 0 Å². The van der Waals surface area contributed by atoms with Crippen molar-refractivity contribution in [3.63, 3.8) is 0 Å². The number of benzene rings is 2. The first-order valence-electron chi connectivity index (χ1n) is 5.53. The highest BCUT2D eigenvalue weighted by molar-refractivity contribution is 9.10. The van der Waals surface area contributed by atoms with Crippen LogP contribution in [-0.2, 0) is 0 Å². The number of anilines is 1. The van der Waals surface area contributed by atoms with Gasteiger partial charge in [0.1, 0.15) is 0 Å². The molecule has 21 heavy (non-hydrogen) atoms. The zero-order chi connectivity index (χ0) is 15.6. The van der Waals surface area contributed by atoms with E-state index in [9.17, 15) is 17.6 Å². The summed E-state index contributed by atoms with van der Waals surface area (Å²) >= 11 is 3.13. The molecule has 0 spiro atoms. The molecule has 0 aromatic heterocycles. The van der Waals surface area contributed by atoms with E-state index in [4.69, 9.17) is 10.5 Å². The Labute approximate surface area is 125 Å². The summed E-state index contributed by atoms with van der Waals surface area (Å²) < 4.78 is 61.0. The van der Waals surface area contributed by atoms with Crippen molar-refractivity contribution in [1.82, 2.24) is 0 Å². The molecule has 0 aliphatic carbocycles. The maximum Gasteiger partial charge on any atom is 0.387 e. The van der Waals surface area contributed by atoms with Crippen molar-refractivity contribution in [2.75, 3.05) is 5.73 Å². The highest BCUT2D eigenvalue weighted by atomic mass is 79.9. The molecular weight excluding hydrogens is 358 g/mol. The van der Waals surface area contributed by atoms with Crippen LogP contribution in [0.1, 0.15) is 0 Å². The number of rotatable bonds is 4. The van der Waals surface area contributed by atoms with E-state index in [1.165, 1.54) is 12.1 Å². The molecule has 3 nitrogen and oxygen atoms in total. The van der Waals surface area contributed by atoms with E-state index in [0.717, 1.165) is 18.2 Å². The smallest absolute Gasteiger partial charge is 0.387 e. The molecule has 0 unspecified atom stereocenters. The Bertz CT molecular complexity index is 667. The fraction of sp³-hybridized carbons (Fsp3) is 0.0769. The molecule has 2 N–H and O–H groups in total. The molecule has 0 saturated heterocycles. The fourth-order valence-electron chi connectivity index (χ4n) is 1.50. The van der Waals surface area contributed by atoms with Gasteiger partial charge in [0.25, 0.3) is 0 Å². The molecule has 0 amide bonds. The Hall–Kier alpha value is -1.96. The van der Waals surface area contributed by atoms with Gasteiger partial charge in [0.05, 0.1) is 5.69 Å². The van der Waals surface area contributed by atoms with Crippen LogP contribution in [0.25, 0.3) is 0 Å². The minimum atomic E-state index is -3.21. The second-order valence-electron chi connectivity index (χ2n) is 3.88. The maximum atomic E-state index is 13.6. The lowest BCUT2D eigenvalue weighted by Gasteiger charge is -2.12. The molecule has 0 aliphatic heterocycles. The Morgan fingerprint density at radius 2 is 1.67 bits per heavy atom. The standard InChI is InChI=1S/C13H8BrF4NO2/c14-6-1-2-7(15)10(3-6)20-12-5-11(21-13(17)18)8(16)4-9(12)19/h1-5,13H,19H2. The third-order valence-electron chi connectivity index (χ3n) is 2.39. The number of hydrogen-bond acceptors (Lipinski definition) is 3. The molecule has 112 valence electrons. The summed E-state index contributed by atoms with van der Waals surface area (Å²) in [6, 6.07) is 5.48. The number of nitrogen functional groups attached to an aromatic ring is 1. The number of hydrogen-bond donors (Lipinski definition) is 1. The van der Waals surface area contributed by atoms with Crippen molar-refractivity contribution in [2.24, 2.45) is 0 Å². The van der Waals surface area contributed by atoms with Crippen LogP contribution in [0.15, 0.2) is 34.8 Å². The molecule has 0 radical (unpaired) electrons. The summed E-state index contributed by atoms with van der Waals surface area (Å²) in [6.07, 6.45) is 0. The highest BCUT2D eigenvalue weighted by Gasteiger charge is 2.16. The van der Waals surface area contributed by atoms with E-state index in [1.54, 1.807) is 0 Å². The van der Waals surface area contributed by atoms with Gasteiger partial charge in [-0.1, -0.05) is 15.9 Å². The van der Waals surface area contributed by atoms with Gasteiger partial charge in [0.15, 0.2) is 28.9 Å². The van der Waals surface area contributed by atoms with Crippen LogP contribution in [-0.4, -0.2) is 6.61 Å². The van der Waals surface area contributed by atoms with Crippen LogP contribution in [0.2, 0.25) is 0 Å². The summed E-state index contributed by atoms with van der Waals surface area (Å²) in [7, 11) is 0. The zero-order valence-corrected chi connectivity index (χ0v) is 11.8. The number of halogens is 5. The molecule has 2 aromatic carbocycles. The average Bonchev–Trinajstić information content (AvgIpc) is 2.39. The van der Waals surface area contributed by atoms with Gasteiger partial charge >= 0.3 is 6.61 Å². The van der Waals surface area contributed by atoms with Gasteiger partial charge in [0, 0.05) is 16.6 Å². The molecule has 0 saturated carbocycles. The Balaban J connectivity index is 2.37. The molecule has 0 bridgehead atoms. The molecule has 2 rings (SSSR count). The third kappa shape index (κ3) is 3.78. The van der Waals surface area contributed by atoms with E-state index in [1.807, 2.05) is 0 Å². The monoisotopic (exact) mass is 365 g/mol. The minimum absolute atomic E-state index is 0.187. The Morgan fingerprint density at radius 3 is 2.33 bits per heavy atom. The normalized spacial score (nSPS) is 10.8. The summed E-state index contributed by atoms with van der Waals surface area (Å²) in [4.78, 5) is 0. The second-order valence-corrected chi connectivity index (χ2v) is 4.79. The van der Waals surface area contributed by atoms with Crippen molar-refractivity contribution in [3.8, 4) is 17.2 Å². The van der Waals surface area contributed by atoms with E-state index in [0.29, 0.717) is 4.47 Å². The number of nitrogens with two attached hydrogens (primary N) is 1. The van der Waals surface area contributed by atoms with Crippen LogP contribution < -0.4 is 15.2 Å². The molecule has 0 aliphatic rings. The molecule has 0 fully saturated rings. The van der Waals surface area contributed by atoms with Gasteiger partial charge in [-0.3, -0.25) is 0 Å². The topological polar surface area (TPSA) is 44.5 Å². The predicted octanol–water partition coefficient (Wildman–Crippen LogP) is 4.70. The van der Waals surface area contributed by atoms with Crippen molar-refractivity contribution >= 4 is 21.6 Å². The van der Waals surface area contributed by atoms with E-state index >= 15 is 0 Å². The lowest BCUT2D eigenvalue weighted by atomic mass is 10.2. The predicted molar refractivity (Wildman–Crippen MR) is 71.6 cm³/mol. The van der Waals surface area contributed by atoms with Gasteiger partial charge < -0.3 is 15.2 Å². The average molecular weight is 366 g/mol. The summed E-state index contributed by atoms with van der Waals surface area (Å²) in [5, 5.41) is 0. The lowest BCUT2D eigenvalue weighted by Crippen LogP contribution is -2.05. The molecular formula is C13H8BrF4NO2. The SMILES string of the molecule is Nc1cc(F)c(OC(F)F)cc1Oc1cc(Br)ccc1F. The van der Waals surface area contributed by atoms with Gasteiger partial charge in [0.2, 0.25) is 0 Å². The molecule has 2 aromatic rings. The van der Waals surface area contributed by atoms with Crippen molar-refractivity contribution in [2.45, 2.75) is 6.61 Å². The van der Waals surface area contributed by atoms with E-state index in [2.05, 4.69) is 20.7 Å². The lowest BCUT2D eigenvalue weighted by molar-refractivity contribution is -0.0522. The van der Waals surface area contributed by atoms with Gasteiger partial charge in [-0.2, -0.15) is 8.78 Å². The van der Waals surface area contributed by atoms with Crippen molar-refractivity contribution in [3.05, 3.63) is 46.4 Å². The van der Waals surface area contributed by atoms with Crippen LogP contribution >= 0.6 is 15.9 Å². The van der Waals surface area contributed by atoms with Crippen LogP contribution in [0.5, 0.6) is 17.2 Å². The van der Waals surface area contributed by atoms with E-state index < -0.39 is 24.0 Å². The quantitative estimate of drug-likeness (QED) is 0.630. The Kier molecular flexibility index (Phi) is 4.56. The maximum absolute atomic E-state index is 13.6. The number of ether oxygens (including phenoxy) is 2. The third-order valence-corrected chi connectivity index (χ3v) is 2.89. The summed E-state index contributed by atoms with van der Waals surface area (Å²) in [6.45, 7) is -3.21. The second kappa shape index (κ2) is 6.21. The summed E-state index contributed by atoms with van der Waals surface area (Å²) in [5.74, 6) is -2.92. The largest absolute Gasteiger partial charge is 0.452 e. The van der Waals surface area contributed by atoms with Gasteiger partial charge in [-0.25, -0.2) is 8.78 Å². The van der Waals surface area contributed by atoms with Crippen molar-refractivity contribution < 1.29 is 27.0 Å². The molecule has 0 atom stereocenters. The number of alkyl halides is 2. The minimum Gasteiger partial charge on any atom is -0.452 e. The van der Waals surface area contributed by atoms with Gasteiger partial charge in [-0.05, 0) is 18.2 Å². The van der Waals surface area contributed by atoms with Crippen LogP contribution in [0, 0.1) is 11.6 Å². The first-order chi connectivity index (χ1) is 9.86. The molecule has 0 heterocycles. The summed E-state index contributed by atoms with van der Waals surface area (Å²) in [5.41, 5.74) is 5.33. The van der Waals surface area contributed by atoms with Crippen LogP contribution in [0.4, 0.5) is 23.2 Å². The first kappa shape index (κ1) is 15.4.